The lowest BCUT2D eigenvalue weighted by Gasteiger charge is -2.06. The predicted molar refractivity (Wildman–Crippen MR) is 76.8 cm³/mol. The molecule has 90 valence electrons. The van der Waals surface area contributed by atoms with Crippen LogP contribution < -0.4 is 5.32 Å². The van der Waals surface area contributed by atoms with E-state index in [2.05, 4.69) is 35.6 Å². The molecule has 2 aromatic rings. The van der Waals surface area contributed by atoms with E-state index >= 15 is 0 Å². The van der Waals surface area contributed by atoms with Crippen molar-refractivity contribution in [1.29, 1.82) is 0 Å². The van der Waals surface area contributed by atoms with E-state index in [1.54, 1.807) is 11.8 Å². The molecule has 3 heteroatoms. The first-order valence-electron chi connectivity index (χ1n) is 5.82. The maximum atomic E-state index is 11.8. The lowest BCUT2D eigenvalue weighted by molar-refractivity contribution is -0.115. The number of carbonyl (C=O) groups is 1. The van der Waals surface area contributed by atoms with Crippen LogP contribution in [0.2, 0.25) is 0 Å². The van der Waals surface area contributed by atoms with Gasteiger partial charge in [-0.3, -0.25) is 4.79 Å². The minimum atomic E-state index is -0.0650. The second-order valence-electron chi connectivity index (χ2n) is 4.27. The Kier molecular flexibility index (Phi) is 2.84. The monoisotopic (exact) mass is 255 g/mol. The van der Waals surface area contributed by atoms with Crippen LogP contribution in [0.25, 0.3) is 11.1 Å². The molecule has 0 saturated carbocycles. The van der Waals surface area contributed by atoms with Gasteiger partial charge in [0.1, 0.15) is 5.25 Å². The smallest absolute Gasteiger partial charge is 0.242 e. The Bertz CT molecular complexity index is 595. The Morgan fingerprint density at radius 1 is 1.06 bits per heavy atom. The van der Waals surface area contributed by atoms with Crippen LogP contribution in [0.1, 0.15) is 10.8 Å². The van der Waals surface area contributed by atoms with Gasteiger partial charge >= 0.3 is 0 Å². The van der Waals surface area contributed by atoms with Crippen molar-refractivity contribution < 1.29 is 4.79 Å². The SMILES string of the molecule is CS[C@@H]1C(=O)Nc2cc(-c3ccccc3)ccc21. The molecule has 0 spiro atoms. The molecule has 1 aliphatic heterocycles. The van der Waals surface area contributed by atoms with Gasteiger partial charge in [0.25, 0.3) is 0 Å². The van der Waals surface area contributed by atoms with Crippen molar-refractivity contribution >= 4 is 23.4 Å². The third-order valence-corrected chi connectivity index (χ3v) is 4.11. The van der Waals surface area contributed by atoms with Crippen LogP contribution in [0.15, 0.2) is 48.5 Å². The third kappa shape index (κ3) is 1.81. The minimum Gasteiger partial charge on any atom is -0.324 e. The topological polar surface area (TPSA) is 29.1 Å². The summed E-state index contributed by atoms with van der Waals surface area (Å²) in [6.07, 6.45) is 1.96. The molecule has 0 saturated heterocycles. The van der Waals surface area contributed by atoms with E-state index in [4.69, 9.17) is 0 Å². The Morgan fingerprint density at radius 2 is 1.83 bits per heavy atom. The normalized spacial score (nSPS) is 17.4. The zero-order valence-electron chi connectivity index (χ0n) is 10.0. The van der Waals surface area contributed by atoms with Gasteiger partial charge in [-0.25, -0.2) is 0 Å². The number of thioether (sulfide) groups is 1. The number of carbonyl (C=O) groups excluding carboxylic acids is 1. The van der Waals surface area contributed by atoms with Crippen molar-refractivity contribution in [3.05, 3.63) is 54.1 Å². The molecule has 0 bridgehead atoms. The number of anilines is 1. The van der Waals surface area contributed by atoms with E-state index in [0.29, 0.717) is 0 Å². The van der Waals surface area contributed by atoms with Crippen LogP contribution in [0.4, 0.5) is 5.69 Å². The van der Waals surface area contributed by atoms with Crippen LogP contribution in [-0.4, -0.2) is 12.2 Å². The first kappa shape index (κ1) is 11.4. The van der Waals surface area contributed by atoms with Crippen molar-refractivity contribution in [2.45, 2.75) is 5.25 Å². The second-order valence-corrected chi connectivity index (χ2v) is 5.22. The quantitative estimate of drug-likeness (QED) is 0.886. The van der Waals surface area contributed by atoms with E-state index in [0.717, 1.165) is 16.8 Å². The van der Waals surface area contributed by atoms with Crippen LogP contribution in [-0.2, 0) is 4.79 Å². The highest BCUT2D eigenvalue weighted by Crippen LogP contribution is 2.40. The molecule has 1 heterocycles. The number of fused-ring (bicyclic) bond motifs is 1. The summed E-state index contributed by atoms with van der Waals surface area (Å²) in [6, 6.07) is 16.4. The van der Waals surface area contributed by atoms with Gasteiger partial charge in [0.15, 0.2) is 0 Å². The highest BCUT2D eigenvalue weighted by molar-refractivity contribution is 7.99. The maximum Gasteiger partial charge on any atom is 0.242 e. The highest BCUT2D eigenvalue weighted by Gasteiger charge is 2.29. The molecular weight excluding hydrogens is 242 g/mol. The summed E-state index contributed by atoms with van der Waals surface area (Å²) in [5.74, 6) is 0.0858. The predicted octanol–water partition coefficient (Wildman–Crippen LogP) is 3.71. The van der Waals surface area contributed by atoms with Gasteiger partial charge < -0.3 is 5.32 Å². The first-order chi connectivity index (χ1) is 8.79. The van der Waals surface area contributed by atoms with Crippen molar-refractivity contribution in [3.8, 4) is 11.1 Å². The van der Waals surface area contributed by atoms with E-state index < -0.39 is 0 Å². The Balaban J connectivity index is 2.04. The summed E-state index contributed by atoms with van der Waals surface area (Å²) in [5, 5.41) is 2.88. The summed E-state index contributed by atoms with van der Waals surface area (Å²) in [6.45, 7) is 0. The molecule has 0 fully saturated rings. The van der Waals surface area contributed by atoms with Gasteiger partial charge in [0, 0.05) is 5.69 Å². The number of nitrogens with one attached hydrogen (secondary N) is 1. The average molecular weight is 255 g/mol. The fourth-order valence-corrected chi connectivity index (χ4v) is 3.01. The molecule has 0 aliphatic carbocycles. The number of benzene rings is 2. The second kappa shape index (κ2) is 4.50. The van der Waals surface area contributed by atoms with Gasteiger partial charge in [-0.05, 0) is 29.0 Å². The van der Waals surface area contributed by atoms with Gasteiger partial charge in [0.2, 0.25) is 5.91 Å². The summed E-state index contributed by atoms with van der Waals surface area (Å²) >= 11 is 1.57. The zero-order valence-corrected chi connectivity index (χ0v) is 10.8. The fourth-order valence-electron chi connectivity index (χ4n) is 2.28. The minimum absolute atomic E-state index is 0.0650. The highest BCUT2D eigenvalue weighted by atomic mass is 32.2. The van der Waals surface area contributed by atoms with Gasteiger partial charge in [-0.2, -0.15) is 0 Å². The van der Waals surface area contributed by atoms with E-state index in [1.165, 1.54) is 5.56 Å². The van der Waals surface area contributed by atoms with Gasteiger partial charge in [-0.1, -0.05) is 42.5 Å². The van der Waals surface area contributed by atoms with Crippen molar-refractivity contribution in [2.75, 3.05) is 11.6 Å². The molecule has 1 atom stereocenters. The van der Waals surface area contributed by atoms with Gasteiger partial charge in [-0.15, -0.1) is 11.8 Å². The largest absolute Gasteiger partial charge is 0.324 e. The first-order valence-corrected chi connectivity index (χ1v) is 7.11. The van der Waals surface area contributed by atoms with Gasteiger partial charge in [0.05, 0.1) is 0 Å². The zero-order chi connectivity index (χ0) is 12.5. The molecule has 1 N–H and O–H groups in total. The third-order valence-electron chi connectivity index (χ3n) is 3.17. The number of hydrogen-bond acceptors (Lipinski definition) is 2. The molecule has 0 unspecified atom stereocenters. The van der Waals surface area contributed by atoms with E-state index in [-0.39, 0.29) is 11.2 Å². The molecule has 1 aliphatic rings. The van der Waals surface area contributed by atoms with Crippen LogP contribution >= 0.6 is 11.8 Å². The van der Waals surface area contributed by atoms with Crippen molar-refractivity contribution in [1.82, 2.24) is 0 Å². The molecule has 3 rings (SSSR count). The van der Waals surface area contributed by atoms with E-state index in [1.807, 2.05) is 24.5 Å². The number of amides is 1. The molecule has 18 heavy (non-hydrogen) atoms. The van der Waals surface area contributed by atoms with Crippen LogP contribution in [0.3, 0.4) is 0 Å². The van der Waals surface area contributed by atoms with Crippen LogP contribution in [0, 0.1) is 0 Å². The standard InChI is InChI=1S/C15H13NOS/c1-18-14-12-8-7-11(9-13(12)16-15(14)17)10-5-3-2-4-6-10/h2-9,14H,1H3,(H,16,17)/t14-/m0/s1. The summed E-state index contributed by atoms with van der Waals surface area (Å²) in [7, 11) is 0. The number of rotatable bonds is 2. The number of hydrogen-bond donors (Lipinski definition) is 1. The Morgan fingerprint density at radius 3 is 2.56 bits per heavy atom. The molecule has 0 aromatic heterocycles. The van der Waals surface area contributed by atoms with Crippen molar-refractivity contribution in [2.24, 2.45) is 0 Å². The van der Waals surface area contributed by atoms with Crippen LogP contribution in [0.5, 0.6) is 0 Å². The van der Waals surface area contributed by atoms with Crippen molar-refractivity contribution in [3.63, 3.8) is 0 Å². The Hall–Kier alpha value is -1.74. The molecule has 2 nitrogen and oxygen atoms in total. The lowest BCUT2D eigenvalue weighted by atomic mass is 10.0. The Labute approximate surface area is 110 Å². The fraction of sp³-hybridized carbons (Fsp3) is 0.133. The molecular formula is C15H13NOS. The average Bonchev–Trinajstić information content (AvgIpc) is 2.74. The summed E-state index contributed by atoms with van der Waals surface area (Å²) in [5.41, 5.74) is 4.34. The molecule has 1 amide bonds. The van der Waals surface area contributed by atoms with E-state index in [9.17, 15) is 4.79 Å². The lowest BCUT2D eigenvalue weighted by Crippen LogP contribution is -2.08. The molecule has 0 radical (unpaired) electrons. The maximum absolute atomic E-state index is 11.8. The summed E-state index contributed by atoms with van der Waals surface area (Å²) < 4.78 is 0. The molecule has 2 aromatic carbocycles. The summed E-state index contributed by atoms with van der Waals surface area (Å²) in [4.78, 5) is 11.8.